The minimum Gasteiger partial charge on any atom is -0.346 e. The van der Waals surface area contributed by atoms with Crippen LogP contribution in [0.5, 0.6) is 0 Å². The first-order valence-corrected chi connectivity index (χ1v) is 7.88. The van der Waals surface area contributed by atoms with Crippen molar-refractivity contribution < 1.29 is 0 Å². The number of H-pyrrole nitrogens is 1. The molecule has 0 bridgehead atoms. The number of fused-ring (bicyclic) bond motifs is 1. The van der Waals surface area contributed by atoms with Crippen LogP contribution in [0.25, 0.3) is 27.7 Å². The van der Waals surface area contributed by atoms with Crippen molar-refractivity contribution >= 4 is 16.6 Å². The molecule has 0 amide bonds. The van der Waals surface area contributed by atoms with Gasteiger partial charge in [-0.25, -0.2) is 4.98 Å². The van der Waals surface area contributed by atoms with Crippen LogP contribution < -0.4 is 0 Å². The largest absolute Gasteiger partial charge is 0.346 e. The Morgan fingerprint density at radius 1 is 1.22 bits per heavy atom. The molecule has 0 saturated carbocycles. The third-order valence-electron chi connectivity index (χ3n) is 4.44. The van der Waals surface area contributed by atoms with Crippen LogP contribution in [-0.2, 0) is 7.05 Å². The average molecular weight is 304 g/mol. The maximum atomic E-state index is 4.59. The summed E-state index contributed by atoms with van der Waals surface area (Å²) in [6.07, 6.45) is 15.7. The highest BCUT2D eigenvalue weighted by Crippen LogP contribution is 2.34. The molecular weight excluding hydrogens is 284 g/mol. The number of aromatic amines is 1. The van der Waals surface area contributed by atoms with Gasteiger partial charge in [0.15, 0.2) is 0 Å². The summed E-state index contributed by atoms with van der Waals surface area (Å²) >= 11 is 0. The molecule has 3 aromatic heterocycles. The van der Waals surface area contributed by atoms with Crippen LogP contribution in [0.4, 0.5) is 0 Å². The summed E-state index contributed by atoms with van der Waals surface area (Å²) in [5.74, 6) is 0. The molecular formula is C19H20N4. The van der Waals surface area contributed by atoms with E-state index in [9.17, 15) is 0 Å². The lowest BCUT2D eigenvalue weighted by molar-refractivity contribution is 0.485. The predicted octanol–water partition coefficient (Wildman–Crippen LogP) is 4.33. The maximum Gasteiger partial charge on any atom is 0.137 e. The van der Waals surface area contributed by atoms with Crippen molar-refractivity contribution in [3.05, 3.63) is 54.6 Å². The molecule has 0 spiro atoms. The summed E-state index contributed by atoms with van der Waals surface area (Å²) in [5, 5.41) is 5.40. The highest BCUT2D eigenvalue weighted by atomic mass is 15.2. The predicted molar refractivity (Wildman–Crippen MR) is 93.8 cm³/mol. The highest BCUT2D eigenvalue weighted by Gasteiger charge is 2.17. The Kier molecular flexibility index (Phi) is 3.01. The van der Waals surface area contributed by atoms with Gasteiger partial charge in [-0.1, -0.05) is 32.1 Å². The van der Waals surface area contributed by atoms with Crippen LogP contribution in [0.2, 0.25) is 0 Å². The van der Waals surface area contributed by atoms with Gasteiger partial charge in [0.2, 0.25) is 0 Å². The lowest BCUT2D eigenvalue weighted by Crippen LogP contribution is -2.08. The molecule has 4 rings (SSSR count). The molecule has 1 N–H and O–H groups in total. The number of aromatic nitrogens is 4. The van der Waals surface area contributed by atoms with Gasteiger partial charge in [-0.15, -0.1) is 0 Å². The van der Waals surface area contributed by atoms with E-state index in [-0.39, 0.29) is 5.41 Å². The fourth-order valence-electron chi connectivity index (χ4n) is 3.00. The van der Waals surface area contributed by atoms with E-state index in [2.05, 4.69) is 53.2 Å². The van der Waals surface area contributed by atoms with E-state index in [0.29, 0.717) is 0 Å². The van der Waals surface area contributed by atoms with Crippen LogP contribution >= 0.6 is 0 Å². The smallest absolute Gasteiger partial charge is 0.137 e. The first-order valence-electron chi connectivity index (χ1n) is 7.88. The van der Waals surface area contributed by atoms with Crippen molar-refractivity contribution in [1.29, 1.82) is 0 Å². The lowest BCUT2D eigenvalue weighted by atomic mass is 9.83. The van der Waals surface area contributed by atoms with Crippen molar-refractivity contribution in [2.45, 2.75) is 20.3 Å². The number of nitrogens with one attached hydrogen (secondary N) is 1. The molecule has 0 aliphatic heterocycles. The van der Waals surface area contributed by atoms with E-state index < -0.39 is 0 Å². The molecule has 1 aliphatic carbocycles. The highest BCUT2D eigenvalue weighted by molar-refractivity contribution is 5.95. The molecule has 0 atom stereocenters. The monoisotopic (exact) mass is 304 g/mol. The Morgan fingerprint density at radius 3 is 2.78 bits per heavy atom. The van der Waals surface area contributed by atoms with Crippen molar-refractivity contribution in [2.24, 2.45) is 12.5 Å². The van der Waals surface area contributed by atoms with Crippen molar-refractivity contribution in [1.82, 2.24) is 19.7 Å². The van der Waals surface area contributed by atoms with Crippen LogP contribution in [-0.4, -0.2) is 19.7 Å². The van der Waals surface area contributed by atoms with Gasteiger partial charge in [0, 0.05) is 47.7 Å². The number of allylic oxidation sites excluding steroid dienone is 4. The number of rotatable bonds is 2. The van der Waals surface area contributed by atoms with Gasteiger partial charge < -0.3 is 4.98 Å². The van der Waals surface area contributed by atoms with Crippen LogP contribution in [0.3, 0.4) is 0 Å². The summed E-state index contributed by atoms with van der Waals surface area (Å²) < 4.78 is 1.82. The topological polar surface area (TPSA) is 46.5 Å². The van der Waals surface area contributed by atoms with Crippen LogP contribution in [0, 0.1) is 5.41 Å². The van der Waals surface area contributed by atoms with Gasteiger partial charge in [-0.05, 0) is 23.5 Å². The Labute approximate surface area is 135 Å². The zero-order valence-electron chi connectivity index (χ0n) is 13.7. The van der Waals surface area contributed by atoms with Gasteiger partial charge in [0.25, 0.3) is 0 Å². The number of hydrogen-bond donors (Lipinski definition) is 1. The normalized spacial score (nSPS) is 16.7. The van der Waals surface area contributed by atoms with E-state index in [1.54, 1.807) is 0 Å². The summed E-state index contributed by atoms with van der Waals surface area (Å²) in [4.78, 5) is 7.84. The number of nitrogens with zero attached hydrogens (tertiary/aromatic N) is 3. The molecule has 0 radical (unpaired) electrons. The SMILES string of the molecule is Cn1cc(-c2c[nH]c3ncc(C4=CCC(C)(C)C=C4)cc23)cn1. The van der Waals surface area contributed by atoms with Gasteiger partial charge in [0.05, 0.1) is 6.20 Å². The second kappa shape index (κ2) is 4.95. The van der Waals surface area contributed by atoms with E-state index >= 15 is 0 Å². The van der Waals surface area contributed by atoms with Gasteiger partial charge >= 0.3 is 0 Å². The van der Waals surface area contributed by atoms with Crippen molar-refractivity contribution in [3.63, 3.8) is 0 Å². The second-order valence-electron chi connectivity index (χ2n) is 6.91. The minimum atomic E-state index is 0.246. The first-order chi connectivity index (χ1) is 11.0. The molecule has 0 fully saturated rings. The Bertz CT molecular complexity index is 937. The fourth-order valence-corrected chi connectivity index (χ4v) is 3.00. The average Bonchev–Trinajstić information content (AvgIpc) is 3.12. The Morgan fingerprint density at radius 2 is 2.09 bits per heavy atom. The van der Waals surface area contributed by atoms with Gasteiger partial charge in [0.1, 0.15) is 5.65 Å². The molecule has 116 valence electrons. The van der Waals surface area contributed by atoms with Crippen LogP contribution in [0.15, 0.2) is 49.1 Å². The maximum absolute atomic E-state index is 4.59. The number of pyridine rings is 1. The standard InChI is InChI=1S/C19H20N4/c1-19(2)6-4-13(5-7-19)14-8-16-17(11-21-18(16)20-9-14)15-10-22-23(3)12-15/h4-6,8-12H,7H2,1-3H3,(H,20,21). The quantitative estimate of drug-likeness (QED) is 0.766. The fraction of sp³-hybridized carbons (Fsp3) is 0.263. The second-order valence-corrected chi connectivity index (χ2v) is 6.91. The molecule has 0 unspecified atom stereocenters. The zero-order chi connectivity index (χ0) is 16.0. The minimum absolute atomic E-state index is 0.246. The molecule has 0 saturated heterocycles. The van der Waals surface area contributed by atoms with E-state index in [1.165, 1.54) is 5.57 Å². The first kappa shape index (κ1) is 14.0. The summed E-state index contributed by atoms with van der Waals surface area (Å²) in [6.45, 7) is 4.51. The zero-order valence-corrected chi connectivity index (χ0v) is 13.7. The number of hydrogen-bond acceptors (Lipinski definition) is 2. The van der Waals surface area contributed by atoms with E-state index in [4.69, 9.17) is 0 Å². The summed E-state index contributed by atoms with van der Waals surface area (Å²) in [5.41, 5.74) is 5.81. The molecule has 23 heavy (non-hydrogen) atoms. The Hall–Kier alpha value is -2.62. The van der Waals surface area contributed by atoms with Gasteiger partial charge in [-0.2, -0.15) is 5.10 Å². The van der Waals surface area contributed by atoms with E-state index in [1.807, 2.05) is 36.5 Å². The molecule has 3 aromatic rings. The van der Waals surface area contributed by atoms with Gasteiger partial charge in [-0.3, -0.25) is 4.68 Å². The van der Waals surface area contributed by atoms with Crippen molar-refractivity contribution in [2.75, 3.05) is 0 Å². The molecule has 4 heteroatoms. The molecule has 0 aromatic carbocycles. The van der Waals surface area contributed by atoms with Crippen molar-refractivity contribution in [3.8, 4) is 11.1 Å². The lowest BCUT2D eigenvalue weighted by Gasteiger charge is -2.22. The summed E-state index contributed by atoms with van der Waals surface area (Å²) in [6, 6.07) is 2.22. The third-order valence-corrected chi connectivity index (χ3v) is 4.44. The molecule has 3 heterocycles. The third kappa shape index (κ3) is 2.50. The van der Waals surface area contributed by atoms with E-state index in [0.717, 1.165) is 34.1 Å². The van der Waals surface area contributed by atoms with Crippen LogP contribution in [0.1, 0.15) is 25.8 Å². The molecule has 4 nitrogen and oxygen atoms in total. The summed E-state index contributed by atoms with van der Waals surface area (Å²) in [7, 11) is 1.93. The molecule has 1 aliphatic rings. The number of aryl methyl sites for hydroxylation is 1. The Balaban J connectivity index is 1.79.